The Morgan fingerprint density at radius 2 is 1.82 bits per heavy atom. The van der Waals surface area contributed by atoms with Crippen LogP contribution in [-0.4, -0.2) is 16.5 Å². The lowest BCUT2D eigenvalue weighted by Gasteiger charge is -2.02. The van der Waals surface area contributed by atoms with Gasteiger partial charge in [-0.05, 0) is 38.5 Å². The van der Waals surface area contributed by atoms with Crippen molar-refractivity contribution in [1.82, 2.24) is 4.57 Å². The number of para-hydroxylation sites is 1. The van der Waals surface area contributed by atoms with E-state index < -0.39 is 11.9 Å². The van der Waals surface area contributed by atoms with E-state index in [1.54, 1.807) is 19.9 Å². The second kappa shape index (κ2) is 4.98. The summed E-state index contributed by atoms with van der Waals surface area (Å²) in [7, 11) is 1.95. The number of fused-ring (bicyclic) bond motifs is 1. The van der Waals surface area contributed by atoms with Crippen LogP contribution in [0.3, 0.4) is 0 Å². The van der Waals surface area contributed by atoms with E-state index in [0.717, 1.165) is 27.7 Å². The summed E-state index contributed by atoms with van der Waals surface area (Å²) in [6.45, 7) is 5.62. The van der Waals surface area contributed by atoms with Crippen molar-refractivity contribution in [3.8, 4) is 0 Å². The van der Waals surface area contributed by atoms with Crippen molar-refractivity contribution < 1.29 is 14.3 Å². The van der Waals surface area contributed by atoms with Gasteiger partial charge in [-0.3, -0.25) is 0 Å². The van der Waals surface area contributed by atoms with Crippen molar-refractivity contribution in [3.63, 3.8) is 0 Å². The SMILES string of the molecule is CC(C)=C1C(=O)OC(=O)/C1=C\c1c(C)c2ccccc2n1C. The highest BCUT2D eigenvalue weighted by molar-refractivity contribution is 6.20. The van der Waals surface area contributed by atoms with Gasteiger partial charge in [0.1, 0.15) is 0 Å². The van der Waals surface area contributed by atoms with Gasteiger partial charge in [0.05, 0.1) is 11.1 Å². The minimum Gasteiger partial charge on any atom is -0.386 e. The molecule has 0 radical (unpaired) electrons. The largest absolute Gasteiger partial charge is 0.386 e. The Morgan fingerprint density at radius 3 is 2.45 bits per heavy atom. The van der Waals surface area contributed by atoms with Crippen molar-refractivity contribution in [1.29, 1.82) is 0 Å². The number of allylic oxidation sites excluding steroid dienone is 1. The predicted molar refractivity (Wildman–Crippen MR) is 85.1 cm³/mol. The molecule has 1 fully saturated rings. The molecule has 0 unspecified atom stereocenters. The first-order valence-corrected chi connectivity index (χ1v) is 7.12. The molecule has 1 aliphatic heterocycles. The summed E-state index contributed by atoms with van der Waals surface area (Å²) < 4.78 is 6.78. The lowest BCUT2D eigenvalue weighted by molar-refractivity contribution is -0.149. The summed E-state index contributed by atoms with van der Waals surface area (Å²) in [5.74, 6) is -1.14. The van der Waals surface area contributed by atoms with Gasteiger partial charge in [-0.25, -0.2) is 9.59 Å². The van der Waals surface area contributed by atoms with Gasteiger partial charge in [-0.15, -0.1) is 0 Å². The van der Waals surface area contributed by atoms with Crippen molar-refractivity contribution in [2.24, 2.45) is 7.05 Å². The molecule has 4 nitrogen and oxygen atoms in total. The lowest BCUT2D eigenvalue weighted by atomic mass is 10.0. The molecular weight excluding hydrogens is 278 g/mol. The van der Waals surface area contributed by atoms with E-state index in [1.165, 1.54) is 0 Å². The monoisotopic (exact) mass is 295 g/mol. The quantitative estimate of drug-likeness (QED) is 0.461. The highest BCUT2D eigenvalue weighted by Gasteiger charge is 2.34. The molecule has 0 saturated carbocycles. The molecule has 2 aromatic rings. The summed E-state index contributed by atoms with van der Waals surface area (Å²) in [5.41, 5.74) is 4.54. The summed E-state index contributed by atoms with van der Waals surface area (Å²) in [5, 5.41) is 1.13. The fraction of sp³-hybridized carbons (Fsp3) is 0.222. The molecule has 0 N–H and O–H groups in total. The van der Waals surface area contributed by atoms with Crippen LogP contribution in [0.4, 0.5) is 0 Å². The van der Waals surface area contributed by atoms with Gasteiger partial charge in [0.25, 0.3) is 0 Å². The Bertz CT molecular complexity index is 838. The molecule has 0 bridgehead atoms. The molecule has 0 atom stereocenters. The van der Waals surface area contributed by atoms with Crippen molar-refractivity contribution in [2.45, 2.75) is 20.8 Å². The van der Waals surface area contributed by atoms with Crippen LogP contribution in [0.5, 0.6) is 0 Å². The maximum absolute atomic E-state index is 12.0. The Balaban J connectivity index is 2.27. The fourth-order valence-corrected chi connectivity index (χ4v) is 2.95. The number of hydrogen-bond acceptors (Lipinski definition) is 3. The predicted octanol–water partition coefficient (Wildman–Crippen LogP) is 3.29. The zero-order valence-electron chi connectivity index (χ0n) is 13.1. The number of rotatable bonds is 1. The summed E-state index contributed by atoms with van der Waals surface area (Å²) in [6.07, 6.45) is 1.75. The van der Waals surface area contributed by atoms with Gasteiger partial charge < -0.3 is 9.30 Å². The van der Waals surface area contributed by atoms with E-state index in [9.17, 15) is 9.59 Å². The number of carbonyl (C=O) groups is 2. The van der Waals surface area contributed by atoms with Crippen LogP contribution in [0, 0.1) is 6.92 Å². The van der Waals surface area contributed by atoms with Crippen LogP contribution in [0.1, 0.15) is 25.1 Å². The van der Waals surface area contributed by atoms with E-state index in [1.807, 2.05) is 42.8 Å². The number of ether oxygens (including phenoxy) is 1. The van der Waals surface area contributed by atoms with Crippen LogP contribution >= 0.6 is 0 Å². The maximum Gasteiger partial charge on any atom is 0.346 e. The van der Waals surface area contributed by atoms with Gasteiger partial charge in [0.15, 0.2) is 0 Å². The molecule has 1 aliphatic rings. The van der Waals surface area contributed by atoms with Gasteiger partial charge in [0.2, 0.25) is 0 Å². The molecule has 1 aromatic carbocycles. The summed E-state index contributed by atoms with van der Waals surface area (Å²) in [4.78, 5) is 23.8. The fourth-order valence-electron chi connectivity index (χ4n) is 2.95. The minimum absolute atomic E-state index is 0.332. The van der Waals surface area contributed by atoms with Crippen molar-refractivity contribution in [3.05, 3.63) is 52.2 Å². The molecule has 0 aliphatic carbocycles. The first-order valence-electron chi connectivity index (χ1n) is 7.12. The topological polar surface area (TPSA) is 48.3 Å². The third-order valence-corrected chi connectivity index (χ3v) is 4.07. The normalized spacial score (nSPS) is 16.7. The molecule has 0 spiro atoms. The van der Waals surface area contributed by atoms with E-state index in [-0.39, 0.29) is 0 Å². The minimum atomic E-state index is -0.578. The number of esters is 2. The molecule has 22 heavy (non-hydrogen) atoms. The molecule has 1 saturated heterocycles. The third kappa shape index (κ3) is 1.99. The molecule has 3 rings (SSSR count). The second-order valence-corrected chi connectivity index (χ2v) is 5.70. The number of hydrogen-bond donors (Lipinski definition) is 0. The molecule has 1 aromatic heterocycles. The van der Waals surface area contributed by atoms with E-state index in [0.29, 0.717) is 11.1 Å². The van der Waals surface area contributed by atoms with Gasteiger partial charge >= 0.3 is 11.9 Å². The number of carbonyl (C=O) groups excluding carboxylic acids is 2. The maximum atomic E-state index is 12.0. The molecule has 112 valence electrons. The van der Waals surface area contributed by atoms with Gasteiger partial charge in [0, 0.05) is 23.6 Å². The lowest BCUT2D eigenvalue weighted by Crippen LogP contribution is -1.99. The Kier molecular flexibility index (Phi) is 3.24. The van der Waals surface area contributed by atoms with E-state index in [4.69, 9.17) is 4.74 Å². The Labute approximate surface area is 128 Å². The number of nitrogens with zero attached hydrogens (tertiary/aromatic N) is 1. The first kappa shape index (κ1) is 14.3. The van der Waals surface area contributed by atoms with Gasteiger partial charge in [-0.2, -0.15) is 0 Å². The standard InChI is InChI=1S/C18H17NO3/c1-10(2)16-13(17(20)22-18(16)21)9-15-11(3)12-7-5-6-8-14(12)19(15)4/h5-9H,1-4H3/b13-9-. The van der Waals surface area contributed by atoms with Crippen LogP contribution in [-0.2, 0) is 21.4 Å². The van der Waals surface area contributed by atoms with Crippen molar-refractivity contribution in [2.75, 3.05) is 0 Å². The Hall–Kier alpha value is -2.62. The van der Waals surface area contributed by atoms with Crippen LogP contribution in [0.25, 0.3) is 17.0 Å². The summed E-state index contributed by atoms with van der Waals surface area (Å²) in [6, 6.07) is 8.05. The number of benzene rings is 1. The third-order valence-electron chi connectivity index (χ3n) is 4.07. The Morgan fingerprint density at radius 1 is 1.14 bits per heavy atom. The van der Waals surface area contributed by atoms with Crippen LogP contribution < -0.4 is 0 Å². The first-order chi connectivity index (χ1) is 10.4. The molecule has 2 heterocycles. The average Bonchev–Trinajstić information content (AvgIpc) is 2.89. The zero-order valence-corrected chi connectivity index (χ0v) is 13.1. The average molecular weight is 295 g/mol. The highest BCUT2D eigenvalue weighted by Crippen LogP contribution is 2.31. The van der Waals surface area contributed by atoms with Crippen molar-refractivity contribution >= 4 is 28.9 Å². The van der Waals surface area contributed by atoms with Crippen LogP contribution in [0.15, 0.2) is 41.0 Å². The number of cyclic esters (lactones) is 2. The molecule has 0 amide bonds. The van der Waals surface area contributed by atoms with E-state index >= 15 is 0 Å². The highest BCUT2D eigenvalue weighted by atomic mass is 16.6. The number of aryl methyl sites for hydroxylation is 2. The number of aromatic nitrogens is 1. The smallest absolute Gasteiger partial charge is 0.346 e. The molecule has 4 heteroatoms. The van der Waals surface area contributed by atoms with Gasteiger partial charge in [-0.1, -0.05) is 23.8 Å². The van der Waals surface area contributed by atoms with E-state index in [2.05, 4.69) is 0 Å². The molecular formula is C18H17NO3. The summed E-state index contributed by atoms with van der Waals surface area (Å²) >= 11 is 0. The van der Waals surface area contributed by atoms with Crippen LogP contribution in [0.2, 0.25) is 0 Å². The second-order valence-electron chi connectivity index (χ2n) is 5.70. The zero-order chi connectivity index (χ0) is 16.0.